The van der Waals surface area contributed by atoms with Crippen LogP contribution in [-0.4, -0.2) is 37.8 Å². The summed E-state index contributed by atoms with van der Waals surface area (Å²) in [6.45, 7) is 1.64. The fourth-order valence-corrected chi connectivity index (χ4v) is 4.10. The fourth-order valence-electron chi connectivity index (χ4n) is 2.85. The molecule has 3 aromatic rings. The predicted molar refractivity (Wildman–Crippen MR) is 87.2 cm³/mol. The molecule has 1 fully saturated rings. The van der Waals surface area contributed by atoms with Crippen LogP contribution in [0.1, 0.15) is 18.5 Å². The van der Waals surface area contributed by atoms with Crippen molar-refractivity contribution in [2.24, 2.45) is 0 Å². The summed E-state index contributed by atoms with van der Waals surface area (Å²) < 4.78 is 2.03. The standard InChI is InChI=1S/C14H15N5OS2/c20-12(17-13-15-3-6-21-13)11-2-1-4-18(11)8-10-9-19-5-7-22-14(19)16-10/h3,5-7,9,11H,1-2,4,8H2,(H,15,17,20). The van der Waals surface area contributed by atoms with Crippen molar-refractivity contribution in [3.63, 3.8) is 0 Å². The van der Waals surface area contributed by atoms with Crippen molar-refractivity contribution in [2.75, 3.05) is 11.9 Å². The first kappa shape index (κ1) is 13.9. The summed E-state index contributed by atoms with van der Waals surface area (Å²) in [5.74, 6) is 0.0356. The topological polar surface area (TPSA) is 62.5 Å². The molecule has 1 amide bonds. The van der Waals surface area contributed by atoms with Crippen LogP contribution in [0.4, 0.5) is 5.13 Å². The van der Waals surface area contributed by atoms with E-state index in [9.17, 15) is 4.79 Å². The van der Waals surface area contributed by atoms with E-state index in [1.807, 2.05) is 27.6 Å². The molecule has 1 aliphatic heterocycles. The number of carbonyl (C=O) groups is 1. The van der Waals surface area contributed by atoms with Gasteiger partial charge in [-0.05, 0) is 19.4 Å². The van der Waals surface area contributed by atoms with Gasteiger partial charge in [-0.15, -0.1) is 22.7 Å². The van der Waals surface area contributed by atoms with Gasteiger partial charge in [-0.3, -0.25) is 14.1 Å². The van der Waals surface area contributed by atoms with E-state index in [1.54, 1.807) is 17.5 Å². The molecule has 114 valence electrons. The van der Waals surface area contributed by atoms with Gasteiger partial charge >= 0.3 is 0 Å². The second-order valence-corrected chi connectivity index (χ2v) is 7.05. The highest BCUT2D eigenvalue weighted by atomic mass is 32.1. The van der Waals surface area contributed by atoms with E-state index in [4.69, 9.17) is 0 Å². The van der Waals surface area contributed by atoms with Gasteiger partial charge in [0.1, 0.15) is 0 Å². The monoisotopic (exact) mass is 333 g/mol. The van der Waals surface area contributed by atoms with Crippen molar-refractivity contribution in [3.8, 4) is 0 Å². The molecule has 3 aromatic heterocycles. The molecule has 0 aliphatic carbocycles. The van der Waals surface area contributed by atoms with E-state index < -0.39 is 0 Å². The van der Waals surface area contributed by atoms with E-state index in [0.29, 0.717) is 11.7 Å². The number of nitrogens with one attached hydrogen (secondary N) is 1. The Balaban J connectivity index is 1.46. The molecule has 0 bridgehead atoms. The van der Waals surface area contributed by atoms with Crippen LogP contribution in [0.25, 0.3) is 4.96 Å². The van der Waals surface area contributed by atoms with Crippen molar-refractivity contribution in [2.45, 2.75) is 25.4 Å². The molecule has 0 radical (unpaired) electrons. The maximum Gasteiger partial charge on any atom is 0.243 e. The summed E-state index contributed by atoms with van der Waals surface area (Å²) in [6, 6.07) is -0.0939. The van der Waals surface area contributed by atoms with Crippen molar-refractivity contribution < 1.29 is 4.79 Å². The summed E-state index contributed by atoms with van der Waals surface area (Å²) in [6.07, 6.45) is 7.68. The minimum atomic E-state index is -0.0939. The minimum absolute atomic E-state index is 0.0356. The second-order valence-electron chi connectivity index (χ2n) is 5.28. The van der Waals surface area contributed by atoms with Gasteiger partial charge in [0.2, 0.25) is 5.91 Å². The molecule has 0 aromatic carbocycles. The summed E-state index contributed by atoms with van der Waals surface area (Å²) in [4.78, 5) is 24.3. The molecule has 1 atom stereocenters. The summed E-state index contributed by atoms with van der Waals surface area (Å²) >= 11 is 3.07. The lowest BCUT2D eigenvalue weighted by molar-refractivity contribution is -0.120. The van der Waals surface area contributed by atoms with Gasteiger partial charge in [0.05, 0.1) is 11.7 Å². The molecule has 6 nitrogen and oxygen atoms in total. The van der Waals surface area contributed by atoms with Crippen LogP contribution >= 0.6 is 22.7 Å². The maximum absolute atomic E-state index is 12.4. The molecule has 4 heterocycles. The van der Waals surface area contributed by atoms with Gasteiger partial charge < -0.3 is 5.32 Å². The van der Waals surface area contributed by atoms with Crippen LogP contribution in [0.15, 0.2) is 29.4 Å². The van der Waals surface area contributed by atoms with Gasteiger partial charge in [-0.25, -0.2) is 9.97 Å². The highest BCUT2D eigenvalue weighted by Gasteiger charge is 2.31. The Hall–Kier alpha value is -1.77. The van der Waals surface area contributed by atoms with E-state index in [2.05, 4.69) is 20.2 Å². The van der Waals surface area contributed by atoms with Gasteiger partial charge in [-0.2, -0.15) is 0 Å². The first-order valence-electron chi connectivity index (χ1n) is 7.15. The number of thiazole rings is 2. The van der Waals surface area contributed by atoms with E-state index in [-0.39, 0.29) is 11.9 Å². The normalized spacial score (nSPS) is 19.0. The lowest BCUT2D eigenvalue weighted by Gasteiger charge is -2.22. The van der Waals surface area contributed by atoms with Crippen LogP contribution in [0.5, 0.6) is 0 Å². The largest absolute Gasteiger partial charge is 0.301 e. The maximum atomic E-state index is 12.4. The lowest BCUT2D eigenvalue weighted by Crippen LogP contribution is -2.39. The number of aromatic nitrogens is 3. The number of fused-ring (bicyclic) bond motifs is 1. The molecule has 22 heavy (non-hydrogen) atoms. The zero-order chi connectivity index (χ0) is 14.9. The third kappa shape index (κ3) is 2.65. The van der Waals surface area contributed by atoms with Gasteiger partial charge in [0, 0.05) is 35.9 Å². The Kier molecular flexibility index (Phi) is 3.65. The highest BCUT2D eigenvalue weighted by Crippen LogP contribution is 2.22. The average molecular weight is 333 g/mol. The third-order valence-corrected chi connectivity index (χ3v) is 5.30. The van der Waals surface area contributed by atoms with Crippen LogP contribution in [0.3, 0.4) is 0 Å². The zero-order valence-electron chi connectivity index (χ0n) is 11.8. The number of rotatable bonds is 4. The van der Waals surface area contributed by atoms with E-state index in [1.165, 1.54) is 11.3 Å². The van der Waals surface area contributed by atoms with Crippen LogP contribution in [-0.2, 0) is 11.3 Å². The molecule has 1 unspecified atom stereocenters. The molecule has 0 saturated carbocycles. The second kappa shape index (κ2) is 5.79. The Morgan fingerprint density at radius 3 is 3.18 bits per heavy atom. The number of nitrogens with zero attached hydrogens (tertiary/aromatic N) is 4. The molecular weight excluding hydrogens is 318 g/mol. The van der Waals surface area contributed by atoms with Crippen molar-refractivity contribution >= 4 is 38.7 Å². The number of carbonyl (C=O) groups excluding carboxylic acids is 1. The highest BCUT2D eigenvalue weighted by molar-refractivity contribution is 7.15. The number of likely N-dealkylation sites (tertiary alicyclic amines) is 1. The molecule has 4 rings (SSSR count). The lowest BCUT2D eigenvalue weighted by atomic mass is 10.2. The van der Waals surface area contributed by atoms with Crippen LogP contribution in [0.2, 0.25) is 0 Å². The average Bonchev–Trinajstić information content (AvgIpc) is 3.20. The third-order valence-electron chi connectivity index (χ3n) is 3.84. The number of hydrogen-bond acceptors (Lipinski definition) is 6. The first-order chi connectivity index (χ1) is 10.8. The molecule has 1 aliphatic rings. The Bertz CT molecular complexity index is 750. The Labute approximate surface area is 135 Å². The van der Waals surface area contributed by atoms with E-state index in [0.717, 1.165) is 30.0 Å². The molecule has 8 heteroatoms. The van der Waals surface area contributed by atoms with Gasteiger partial charge in [0.25, 0.3) is 0 Å². The first-order valence-corrected chi connectivity index (χ1v) is 8.91. The summed E-state index contributed by atoms with van der Waals surface area (Å²) in [5.41, 5.74) is 1.01. The quantitative estimate of drug-likeness (QED) is 0.797. The van der Waals surface area contributed by atoms with Crippen molar-refractivity contribution in [1.29, 1.82) is 0 Å². The van der Waals surface area contributed by atoms with E-state index >= 15 is 0 Å². The number of anilines is 1. The molecule has 1 saturated heterocycles. The predicted octanol–water partition coefficient (Wildman–Crippen LogP) is 2.46. The zero-order valence-corrected chi connectivity index (χ0v) is 13.4. The van der Waals surface area contributed by atoms with Crippen molar-refractivity contribution in [1.82, 2.24) is 19.3 Å². The molecule has 0 spiro atoms. The minimum Gasteiger partial charge on any atom is -0.301 e. The summed E-state index contributed by atoms with van der Waals surface area (Å²) in [7, 11) is 0. The van der Waals surface area contributed by atoms with Crippen molar-refractivity contribution in [3.05, 3.63) is 35.0 Å². The molecular formula is C14H15N5OS2. The smallest absolute Gasteiger partial charge is 0.243 e. The van der Waals surface area contributed by atoms with Gasteiger partial charge in [-0.1, -0.05) is 0 Å². The number of hydrogen-bond donors (Lipinski definition) is 1. The number of imidazole rings is 1. The Morgan fingerprint density at radius 2 is 2.36 bits per heavy atom. The van der Waals surface area contributed by atoms with Gasteiger partial charge in [0.15, 0.2) is 10.1 Å². The summed E-state index contributed by atoms with van der Waals surface area (Å²) in [5, 5.41) is 7.45. The SMILES string of the molecule is O=C(Nc1nccs1)C1CCCN1Cc1cn2ccsc2n1. The van der Waals surface area contributed by atoms with Crippen LogP contribution < -0.4 is 5.32 Å². The van der Waals surface area contributed by atoms with Crippen LogP contribution in [0, 0.1) is 0 Å². The fraction of sp³-hybridized carbons (Fsp3) is 0.357. The number of amides is 1. The molecule has 1 N–H and O–H groups in total. The Morgan fingerprint density at radius 1 is 1.41 bits per heavy atom.